The summed E-state index contributed by atoms with van der Waals surface area (Å²) in [7, 11) is 1.62. The molecule has 0 fully saturated rings. The zero-order valence-electron chi connectivity index (χ0n) is 26.1. The number of aryl methyl sites for hydroxylation is 1. The minimum atomic E-state index is -0.250. The smallest absolute Gasteiger partial charge is 0.290 e. The van der Waals surface area contributed by atoms with Crippen molar-refractivity contribution < 1.29 is 14.6 Å². The molecule has 0 saturated carbocycles. The zero-order valence-corrected chi connectivity index (χ0v) is 26.9. The number of ether oxygens (including phenoxy) is 1. The number of carbonyl (C=O) groups is 1. The Kier molecular flexibility index (Phi) is 15.0. The summed E-state index contributed by atoms with van der Waals surface area (Å²) >= 11 is 6.20. The molecular formula is C37H42ClN3O3. The van der Waals surface area contributed by atoms with Crippen molar-refractivity contribution in [1.82, 2.24) is 9.55 Å². The van der Waals surface area contributed by atoms with E-state index in [1.54, 1.807) is 7.11 Å². The predicted octanol–water partition coefficient (Wildman–Crippen LogP) is 9.75. The monoisotopic (exact) mass is 611 g/mol. The van der Waals surface area contributed by atoms with Crippen molar-refractivity contribution in [3.05, 3.63) is 125 Å². The highest BCUT2D eigenvalue weighted by Crippen LogP contribution is 2.29. The molecule has 3 aromatic carbocycles. The number of carboxylic acid groups (broad SMARTS) is 1. The summed E-state index contributed by atoms with van der Waals surface area (Å²) in [5.74, 6) is 1.53. The lowest BCUT2D eigenvalue weighted by atomic mass is 10.0. The first-order valence-electron chi connectivity index (χ1n) is 14.4. The third kappa shape index (κ3) is 10.5. The fraction of sp³-hybridized carbons (Fsp3) is 0.189. The van der Waals surface area contributed by atoms with E-state index >= 15 is 0 Å². The van der Waals surface area contributed by atoms with Crippen LogP contribution in [0, 0.1) is 6.92 Å². The number of nitrogens with two attached hydrogens (primary N) is 1. The molecule has 0 saturated heterocycles. The molecule has 0 aliphatic heterocycles. The van der Waals surface area contributed by atoms with E-state index < -0.39 is 0 Å². The Balaban J connectivity index is 0.00000127. The molecule has 0 atom stereocenters. The molecule has 44 heavy (non-hydrogen) atoms. The minimum Gasteiger partial charge on any atom is -0.495 e. The number of hydrogen-bond donors (Lipinski definition) is 2. The summed E-state index contributed by atoms with van der Waals surface area (Å²) in [6.45, 7) is 12.8. The molecule has 4 rings (SSSR count). The van der Waals surface area contributed by atoms with Crippen LogP contribution in [-0.2, 0) is 11.3 Å². The molecule has 3 N–H and O–H groups in total. The maximum Gasteiger partial charge on any atom is 0.290 e. The number of halogens is 1. The first kappa shape index (κ1) is 35.4. The molecule has 230 valence electrons. The van der Waals surface area contributed by atoms with Crippen LogP contribution >= 0.6 is 11.6 Å². The number of nitrogen functional groups attached to an aromatic ring is 1. The van der Waals surface area contributed by atoms with Crippen LogP contribution < -0.4 is 10.5 Å². The highest BCUT2D eigenvalue weighted by Gasteiger charge is 2.11. The van der Waals surface area contributed by atoms with Gasteiger partial charge in [-0.3, -0.25) is 4.79 Å². The molecule has 1 heterocycles. The minimum absolute atomic E-state index is 0.250. The van der Waals surface area contributed by atoms with Gasteiger partial charge in [-0.25, -0.2) is 4.98 Å². The number of aromatic nitrogens is 2. The van der Waals surface area contributed by atoms with Crippen molar-refractivity contribution in [3.63, 3.8) is 0 Å². The number of hydrogen-bond acceptors (Lipinski definition) is 4. The van der Waals surface area contributed by atoms with Gasteiger partial charge in [0.2, 0.25) is 0 Å². The Morgan fingerprint density at radius 1 is 1.05 bits per heavy atom. The van der Waals surface area contributed by atoms with Gasteiger partial charge in [0.05, 0.1) is 18.5 Å². The molecule has 0 unspecified atom stereocenters. The lowest BCUT2D eigenvalue weighted by molar-refractivity contribution is -0.122. The fourth-order valence-electron chi connectivity index (χ4n) is 4.28. The zero-order chi connectivity index (χ0) is 32.5. The number of rotatable bonds is 10. The number of anilines is 1. The summed E-state index contributed by atoms with van der Waals surface area (Å²) in [4.78, 5) is 13.3. The first-order chi connectivity index (χ1) is 21.3. The second kappa shape index (κ2) is 18.7. The summed E-state index contributed by atoms with van der Waals surface area (Å²) in [5, 5.41) is 7.61. The highest BCUT2D eigenvalue weighted by atomic mass is 35.5. The van der Waals surface area contributed by atoms with Gasteiger partial charge in [0, 0.05) is 23.3 Å². The normalized spacial score (nSPS) is 10.8. The van der Waals surface area contributed by atoms with Gasteiger partial charge in [-0.2, -0.15) is 0 Å². The highest BCUT2D eigenvalue weighted by molar-refractivity contribution is 6.30. The van der Waals surface area contributed by atoms with Gasteiger partial charge in [-0.05, 0) is 71.5 Å². The third-order valence-electron chi connectivity index (χ3n) is 6.36. The van der Waals surface area contributed by atoms with Gasteiger partial charge in [-0.15, -0.1) is 0 Å². The van der Waals surface area contributed by atoms with E-state index in [4.69, 9.17) is 37.0 Å². The molecular weight excluding hydrogens is 570 g/mol. The van der Waals surface area contributed by atoms with Gasteiger partial charge >= 0.3 is 0 Å². The van der Waals surface area contributed by atoms with Crippen LogP contribution in [0.25, 0.3) is 34.5 Å². The SMILES string of the molecule is C=C(/C=C\C=C/CC)Cn1cc(-c2ccc(Cl)cc2C)nc1/C=C/c1ccc(-c2ccc(OC)c(N)c2)cc1.CC.O=CO. The van der Waals surface area contributed by atoms with E-state index in [1.807, 2.05) is 74.5 Å². The van der Waals surface area contributed by atoms with Gasteiger partial charge in [0.1, 0.15) is 11.6 Å². The Labute approximate surface area is 266 Å². The van der Waals surface area contributed by atoms with Crippen molar-refractivity contribution in [3.8, 4) is 28.1 Å². The van der Waals surface area contributed by atoms with Crippen molar-refractivity contribution >= 4 is 35.9 Å². The average Bonchev–Trinajstić information content (AvgIpc) is 3.41. The summed E-state index contributed by atoms with van der Waals surface area (Å²) in [6.07, 6.45) is 15.4. The Morgan fingerprint density at radius 2 is 1.73 bits per heavy atom. The Bertz CT molecular complexity index is 1600. The number of methoxy groups -OCH3 is 1. The molecule has 4 aromatic rings. The summed E-state index contributed by atoms with van der Waals surface area (Å²) in [5.41, 5.74) is 14.0. The summed E-state index contributed by atoms with van der Waals surface area (Å²) < 4.78 is 7.40. The van der Waals surface area contributed by atoms with Gasteiger partial charge in [-0.1, -0.05) is 106 Å². The van der Waals surface area contributed by atoms with Crippen molar-refractivity contribution in [2.45, 2.75) is 40.7 Å². The van der Waals surface area contributed by atoms with E-state index in [2.05, 4.69) is 67.6 Å². The number of allylic oxidation sites excluding steroid dienone is 5. The summed E-state index contributed by atoms with van der Waals surface area (Å²) in [6, 6.07) is 20.1. The molecule has 0 aliphatic rings. The standard InChI is InChI=1S/C34H34ClN3O.C2H6.CH2O2/c1-5-6-7-8-9-24(2)22-38-23-32(30-17-16-29(35)20-25(30)3)37-34(38)19-12-26-10-13-27(14-11-26)28-15-18-33(39-4)31(36)21-28;1-2;2-1-3/h6-21,23H,2,5,22,36H2,1,3-4H3;1-2H3;1H,(H,2,3)/b7-6-,9-8-,19-12+;;. The lowest BCUT2D eigenvalue weighted by Crippen LogP contribution is -2.00. The average molecular weight is 612 g/mol. The van der Waals surface area contributed by atoms with Gasteiger partial charge in [0.15, 0.2) is 0 Å². The molecule has 0 spiro atoms. The maximum absolute atomic E-state index is 8.36. The van der Waals surface area contributed by atoms with Crippen LogP contribution in [0.3, 0.4) is 0 Å². The molecule has 0 aliphatic carbocycles. The molecule has 0 bridgehead atoms. The number of nitrogens with zero attached hydrogens (tertiary/aromatic N) is 2. The first-order valence-corrected chi connectivity index (χ1v) is 14.8. The number of benzene rings is 3. The third-order valence-corrected chi connectivity index (χ3v) is 6.59. The van der Waals surface area contributed by atoms with E-state index in [0.717, 1.165) is 56.4 Å². The second-order valence-electron chi connectivity index (χ2n) is 9.44. The van der Waals surface area contributed by atoms with Crippen LogP contribution in [0.15, 0.2) is 103 Å². The Morgan fingerprint density at radius 3 is 2.34 bits per heavy atom. The van der Waals surface area contributed by atoms with Crippen LogP contribution in [0.4, 0.5) is 5.69 Å². The van der Waals surface area contributed by atoms with Gasteiger partial charge < -0.3 is 20.1 Å². The number of imidazole rings is 1. The molecule has 0 amide bonds. The van der Waals surface area contributed by atoms with Crippen LogP contribution in [-0.4, -0.2) is 28.2 Å². The maximum atomic E-state index is 8.36. The second-order valence-corrected chi connectivity index (χ2v) is 9.88. The van der Waals surface area contributed by atoms with E-state index in [1.165, 1.54) is 0 Å². The van der Waals surface area contributed by atoms with Gasteiger partial charge in [0.25, 0.3) is 6.47 Å². The largest absolute Gasteiger partial charge is 0.495 e. The van der Waals surface area contributed by atoms with E-state index in [0.29, 0.717) is 18.0 Å². The molecule has 0 radical (unpaired) electrons. The fourth-order valence-corrected chi connectivity index (χ4v) is 4.51. The van der Waals surface area contributed by atoms with Crippen molar-refractivity contribution in [1.29, 1.82) is 0 Å². The molecule has 6 nitrogen and oxygen atoms in total. The lowest BCUT2D eigenvalue weighted by Gasteiger charge is -2.08. The van der Waals surface area contributed by atoms with E-state index in [-0.39, 0.29) is 6.47 Å². The van der Waals surface area contributed by atoms with Crippen LogP contribution in [0.1, 0.15) is 44.1 Å². The van der Waals surface area contributed by atoms with Crippen molar-refractivity contribution in [2.75, 3.05) is 12.8 Å². The Hall–Kier alpha value is -4.81. The van der Waals surface area contributed by atoms with Crippen molar-refractivity contribution in [2.24, 2.45) is 0 Å². The molecule has 1 aromatic heterocycles. The topological polar surface area (TPSA) is 90.4 Å². The van der Waals surface area contributed by atoms with Crippen LogP contribution in [0.2, 0.25) is 5.02 Å². The molecule has 7 heteroatoms. The van der Waals surface area contributed by atoms with E-state index in [9.17, 15) is 0 Å². The quantitative estimate of drug-likeness (QED) is 0.106. The van der Waals surface area contributed by atoms with Crippen LogP contribution in [0.5, 0.6) is 5.75 Å². The predicted molar refractivity (Wildman–Crippen MR) is 187 cm³/mol.